The van der Waals surface area contributed by atoms with Crippen molar-refractivity contribution >= 4 is 5.97 Å². The number of carbonyl (C=O) groups is 1. The van der Waals surface area contributed by atoms with Gasteiger partial charge >= 0.3 is 5.97 Å². The lowest BCUT2D eigenvalue weighted by atomic mass is 10.1. The molecule has 2 rings (SSSR count). The monoisotopic (exact) mass is 274 g/mol. The van der Waals surface area contributed by atoms with Crippen LogP contribution in [0.1, 0.15) is 24.4 Å². The van der Waals surface area contributed by atoms with Gasteiger partial charge in [-0.05, 0) is 24.6 Å². The molecule has 0 spiro atoms. The number of hydrogen-bond acceptors (Lipinski definition) is 4. The van der Waals surface area contributed by atoms with Gasteiger partial charge in [-0.25, -0.2) is 4.98 Å². The number of hydrogen-bond donors (Lipinski definition) is 0. The fraction of sp³-hybridized carbons (Fsp3) is 0.333. The summed E-state index contributed by atoms with van der Waals surface area (Å²) in [5.41, 5.74) is 0.897. The van der Waals surface area contributed by atoms with Gasteiger partial charge in [-0.1, -0.05) is 12.1 Å². The summed E-state index contributed by atoms with van der Waals surface area (Å²) in [5, 5.41) is 0. The van der Waals surface area contributed by atoms with E-state index in [4.69, 9.17) is 4.74 Å². The largest absolute Gasteiger partial charge is 0.483 e. The lowest BCUT2D eigenvalue weighted by Gasteiger charge is -2.14. The van der Waals surface area contributed by atoms with Crippen LogP contribution in [0.5, 0.6) is 5.75 Å². The summed E-state index contributed by atoms with van der Waals surface area (Å²) in [6, 6.07) is 7.41. The van der Waals surface area contributed by atoms with E-state index in [0.717, 1.165) is 17.1 Å². The summed E-state index contributed by atoms with van der Waals surface area (Å²) >= 11 is 0. The molecule has 5 heteroatoms. The third kappa shape index (κ3) is 3.38. The molecule has 1 aromatic carbocycles. The molecule has 20 heavy (non-hydrogen) atoms. The van der Waals surface area contributed by atoms with E-state index in [1.54, 1.807) is 6.20 Å². The van der Waals surface area contributed by atoms with Gasteiger partial charge in [-0.2, -0.15) is 0 Å². The Kier molecular flexibility index (Phi) is 4.40. The number of ether oxygens (including phenoxy) is 2. The van der Waals surface area contributed by atoms with Crippen LogP contribution in [0.25, 0.3) is 0 Å². The maximum atomic E-state index is 11.2. The van der Waals surface area contributed by atoms with Gasteiger partial charge in [0.2, 0.25) is 0 Å². The van der Waals surface area contributed by atoms with Crippen LogP contribution in [0.3, 0.4) is 0 Å². The fourth-order valence-corrected chi connectivity index (χ4v) is 1.95. The molecule has 0 aliphatic heterocycles. The Morgan fingerprint density at radius 1 is 1.35 bits per heavy atom. The molecule has 0 N–H and O–H groups in total. The number of nitrogens with zero attached hydrogens (tertiary/aromatic N) is 2. The zero-order valence-corrected chi connectivity index (χ0v) is 11.9. The van der Waals surface area contributed by atoms with Crippen molar-refractivity contribution in [2.75, 3.05) is 7.11 Å². The first-order chi connectivity index (χ1) is 9.60. The van der Waals surface area contributed by atoms with Gasteiger partial charge in [0, 0.05) is 19.4 Å². The standard InChI is InChI=1S/C15H18N2O3/c1-11(15-16-8-9-17(15)2)20-13-6-4-12(5-7-13)10-14(18)19-3/h4-9,11H,10H2,1-3H3. The molecule has 1 unspecified atom stereocenters. The molecule has 0 fully saturated rings. The molecule has 2 aromatic rings. The van der Waals surface area contributed by atoms with E-state index in [0.29, 0.717) is 0 Å². The molecule has 0 amide bonds. The topological polar surface area (TPSA) is 53.4 Å². The van der Waals surface area contributed by atoms with Gasteiger partial charge in [0.1, 0.15) is 11.6 Å². The highest BCUT2D eigenvalue weighted by atomic mass is 16.5. The van der Waals surface area contributed by atoms with Crippen molar-refractivity contribution in [3.05, 3.63) is 48.0 Å². The summed E-state index contributed by atoms with van der Waals surface area (Å²) in [6.45, 7) is 1.95. The van der Waals surface area contributed by atoms with Crippen molar-refractivity contribution < 1.29 is 14.3 Å². The predicted molar refractivity (Wildman–Crippen MR) is 74.4 cm³/mol. The van der Waals surface area contributed by atoms with Gasteiger partial charge in [-0.15, -0.1) is 0 Å². The Bertz CT molecular complexity index is 575. The van der Waals surface area contributed by atoms with Crippen molar-refractivity contribution in [2.24, 2.45) is 7.05 Å². The van der Waals surface area contributed by atoms with Gasteiger partial charge < -0.3 is 14.0 Å². The molecule has 1 atom stereocenters. The highest BCUT2D eigenvalue weighted by Gasteiger charge is 2.12. The second kappa shape index (κ2) is 6.23. The van der Waals surface area contributed by atoms with E-state index >= 15 is 0 Å². The van der Waals surface area contributed by atoms with E-state index in [1.165, 1.54) is 7.11 Å². The first-order valence-electron chi connectivity index (χ1n) is 6.39. The van der Waals surface area contributed by atoms with Crippen molar-refractivity contribution in [1.82, 2.24) is 9.55 Å². The third-order valence-electron chi connectivity index (χ3n) is 3.03. The van der Waals surface area contributed by atoms with Crippen LogP contribution < -0.4 is 4.74 Å². The van der Waals surface area contributed by atoms with E-state index in [-0.39, 0.29) is 18.5 Å². The molecule has 1 aromatic heterocycles. The van der Waals surface area contributed by atoms with Crippen LogP contribution in [0.2, 0.25) is 0 Å². The maximum Gasteiger partial charge on any atom is 0.309 e. The quantitative estimate of drug-likeness (QED) is 0.785. The minimum absolute atomic E-state index is 0.138. The molecule has 0 bridgehead atoms. The Labute approximate surface area is 118 Å². The van der Waals surface area contributed by atoms with Crippen LogP contribution in [0.4, 0.5) is 0 Å². The number of imidazole rings is 1. The molecule has 5 nitrogen and oxygen atoms in total. The normalized spacial score (nSPS) is 11.9. The van der Waals surface area contributed by atoms with Crippen LogP contribution in [-0.4, -0.2) is 22.6 Å². The number of carbonyl (C=O) groups excluding carboxylic acids is 1. The summed E-state index contributed by atoms with van der Waals surface area (Å²) in [7, 11) is 3.32. The molecule has 0 aliphatic rings. The Hall–Kier alpha value is -2.30. The first kappa shape index (κ1) is 14.1. The Morgan fingerprint density at radius 2 is 2.05 bits per heavy atom. The average molecular weight is 274 g/mol. The number of methoxy groups -OCH3 is 1. The summed E-state index contributed by atoms with van der Waals surface area (Å²) in [4.78, 5) is 15.4. The number of aromatic nitrogens is 2. The highest BCUT2D eigenvalue weighted by molar-refractivity contribution is 5.72. The molecule has 106 valence electrons. The minimum Gasteiger partial charge on any atom is -0.483 e. The predicted octanol–water partition coefficient (Wildman–Crippen LogP) is 2.28. The molecule has 0 radical (unpaired) electrons. The lowest BCUT2D eigenvalue weighted by molar-refractivity contribution is -0.139. The summed E-state index contributed by atoms with van der Waals surface area (Å²) in [6.07, 6.45) is 3.76. The van der Waals surface area contributed by atoms with E-state index in [9.17, 15) is 4.79 Å². The fourth-order valence-electron chi connectivity index (χ4n) is 1.95. The highest BCUT2D eigenvalue weighted by Crippen LogP contribution is 2.20. The van der Waals surface area contributed by atoms with Crippen LogP contribution in [0.15, 0.2) is 36.7 Å². The molecule has 0 saturated heterocycles. The number of benzene rings is 1. The SMILES string of the molecule is COC(=O)Cc1ccc(OC(C)c2nccn2C)cc1. The van der Waals surface area contributed by atoms with E-state index in [2.05, 4.69) is 9.72 Å². The van der Waals surface area contributed by atoms with Crippen molar-refractivity contribution in [1.29, 1.82) is 0 Å². The maximum absolute atomic E-state index is 11.2. The third-order valence-corrected chi connectivity index (χ3v) is 3.03. The van der Waals surface area contributed by atoms with Crippen LogP contribution >= 0.6 is 0 Å². The number of rotatable bonds is 5. The van der Waals surface area contributed by atoms with Crippen molar-refractivity contribution in [3.8, 4) is 5.75 Å². The zero-order valence-electron chi connectivity index (χ0n) is 11.9. The van der Waals surface area contributed by atoms with Crippen molar-refractivity contribution in [3.63, 3.8) is 0 Å². The molecule has 1 heterocycles. The molecule has 0 aliphatic carbocycles. The Balaban J connectivity index is 2.00. The van der Waals surface area contributed by atoms with Crippen LogP contribution in [-0.2, 0) is 23.0 Å². The number of esters is 1. The smallest absolute Gasteiger partial charge is 0.309 e. The van der Waals surface area contributed by atoms with Gasteiger partial charge in [0.15, 0.2) is 6.10 Å². The Morgan fingerprint density at radius 3 is 2.60 bits per heavy atom. The minimum atomic E-state index is -0.250. The van der Waals surface area contributed by atoms with Gasteiger partial charge in [0.25, 0.3) is 0 Å². The van der Waals surface area contributed by atoms with Gasteiger partial charge in [0.05, 0.1) is 13.5 Å². The first-order valence-corrected chi connectivity index (χ1v) is 6.39. The summed E-state index contributed by atoms with van der Waals surface area (Å²) < 4.78 is 12.4. The van der Waals surface area contributed by atoms with Crippen molar-refractivity contribution in [2.45, 2.75) is 19.4 Å². The second-order valence-electron chi connectivity index (χ2n) is 4.55. The van der Waals surface area contributed by atoms with E-state index in [1.807, 2.05) is 49.0 Å². The molecule has 0 saturated carbocycles. The molecular formula is C15H18N2O3. The van der Waals surface area contributed by atoms with E-state index < -0.39 is 0 Å². The van der Waals surface area contributed by atoms with Gasteiger partial charge in [-0.3, -0.25) is 4.79 Å². The number of aryl methyl sites for hydroxylation is 1. The zero-order chi connectivity index (χ0) is 14.5. The summed E-state index contributed by atoms with van der Waals surface area (Å²) in [5.74, 6) is 1.36. The van der Waals surface area contributed by atoms with Crippen LogP contribution in [0, 0.1) is 0 Å². The second-order valence-corrected chi connectivity index (χ2v) is 4.55. The molecular weight excluding hydrogens is 256 g/mol. The average Bonchev–Trinajstić information content (AvgIpc) is 2.87. The lowest BCUT2D eigenvalue weighted by Crippen LogP contribution is -2.09.